The Balaban J connectivity index is 1.86. The second-order valence-corrected chi connectivity index (χ2v) is 9.82. The molecule has 1 N–H and O–H groups in total. The molecule has 0 aliphatic carbocycles. The second kappa shape index (κ2) is 8.71. The number of rotatable bonds is 8. The van der Waals surface area contributed by atoms with Gasteiger partial charge in [0.05, 0.1) is 4.47 Å². The summed E-state index contributed by atoms with van der Waals surface area (Å²) in [5.74, 6) is 0.797. The third-order valence-corrected chi connectivity index (χ3v) is 6.44. The topological polar surface area (TPSA) is 72.3 Å². The summed E-state index contributed by atoms with van der Waals surface area (Å²) in [5, 5.41) is 8.91. The zero-order valence-electron chi connectivity index (χ0n) is 12.5. The summed E-state index contributed by atoms with van der Waals surface area (Å²) < 4.78 is 41.8. The third kappa shape index (κ3) is 5.77. The van der Waals surface area contributed by atoms with Gasteiger partial charge in [-0.2, -0.15) is 8.78 Å². The van der Waals surface area contributed by atoms with Crippen molar-refractivity contribution in [3.63, 3.8) is 0 Å². The largest absolute Gasteiger partial charge is 0.442 e. The van der Waals surface area contributed by atoms with Gasteiger partial charge in [0.15, 0.2) is 4.34 Å². The van der Waals surface area contributed by atoms with Crippen LogP contribution in [0.3, 0.4) is 0 Å². The lowest BCUT2D eigenvalue weighted by atomic mass is 10.1. The van der Waals surface area contributed by atoms with E-state index < -0.39 is 13.8 Å². The normalized spacial score (nSPS) is 13.9. The lowest BCUT2D eigenvalue weighted by molar-refractivity contribution is 0.188. The number of nitrogens with zero attached hydrogens (tertiary/aromatic N) is 2. The molecule has 0 saturated heterocycles. The minimum atomic E-state index is -4.96. The van der Waals surface area contributed by atoms with Gasteiger partial charge in [-0.25, -0.2) is 4.57 Å². The molecular weight excluding hydrogens is 445 g/mol. The number of hydrogen-bond donors (Lipinski definition) is 1. The van der Waals surface area contributed by atoms with E-state index in [-0.39, 0.29) is 5.75 Å². The van der Waals surface area contributed by atoms with Crippen LogP contribution in [0.25, 0.3) is 0 Å². The molecule has 1 heterocycles. The van der Waals surface area contributed by atoms with Crippen LogP contribution in [0.4, 0.5) is 8.78 Å². The standard InChI is InChI=1S/C13H14BrF2N2O3PS2/c1-8-17-18-13(24-8)23-6-2-3-9-4-5-11(10(14)7-9)21-22(19,20)12(15)16/h4-5,7,12H,2-3,6H2,1H3,(H,19,20). The van der Waals surface area contributed by atoms with Crippen molar-refractivity contribution < 1.29 is 22.8 Å². The van der Waals surface area contributed by atoms with Crippen LogP contribution in [0.2, 0.25) is 0 Å². The lowest BCUT2D eigenvalue weighted by Crippen LogP contribution is -2.01. The highest BCUT2D eigenvalue weighted by atomic mass is 79.9. The number of alkyl halides is 2. The van der Waals surface area contributed by atoms with E-state index in [2.05, 4.69) is 30.7 Å². The second-order valence-electron chi connectivity index (χ2n) is 4.74. The van der Waals surface area contributed by atoms with Crippen LogP contribution in [0.5, 0.6) is 5.75 Å². The summed E-state index contributed by atoms with van der Waals surface area (Å²) in [6.45, 7) is 1.90. The number of thioether (sulfide) groups is 1. The van der Waals surface area contributed by atoms with Crippen molar-refractivity contribution in [1.29, 1.82) is 0 Å². The van der Waals surface area contributed by atoms with Crippen molar-refractivity contribution in [2.75, 3.05) is 5.75 Å². The predicted molar refractivity (Wildman–Crippen MR) is 94.3 cm³/mol. The minimum absolute atomic E-state index is 0.0800. The molecule has 1 atom stereocenters. The smallest absolute Gasteiger partial charge is 0.420 e. The molecule has 0 aliphatic heterocycles. The van der Waals surface area contributed by atoms with Gasteiger partial charge < -0.3 is 9.42 Å². The average Bonchev–Trinajstić information content (AvgIpc) is 2.91. The van der Waals surface area contributed by atoms with E-state index in [1.165, 1.54) is 6.07 Å². The molecule has 5 nitrogen and oxygen atoms in total. The number of aromatic nitrogens is 2. The number of hydrogen-bond acceptors (Lipinski definition) is 6. The van der Waals surface area contributed by atoms with Crippen LogP contribution in [-0.2, 0) is 11.0 Å². The van der Waals surface area contributed by atoms with Gasteiger partial charge in [0.2, 0.25) is 0 Å². The molecule has 0 bridgehead atoms. The van der Waals surface area contributed by atoms with Crippen molar-refractivity contribution in [3.8, 4) is 5.75 Å². The molecule has 132 valence electrons. The molecule has 1 aromatic carbocycles. The monoisotopic (exact) mass is 458 g/mol. The summed E-state index contributed by atoms with van der Waals surface area (Å²) in [7, 11) is -4.96. The van der Waals surface area contributed by atoms with E-state index >= 15 is 0 Å². The Kier molecular flexibility index (Phi) is 7.18. The van der Waals surface area contributed by atoms with Crippen LogP contribution in [0.1, 0.15) is 17.0 Å². The molecule has 0 spiro atoms. The average molecular weight is 459 g/mol. The van der Waals surface area contributed by atoms with Crippen LogP contribution >= 0.6 is 46.6 Å². The first kappa shape index (κ1) is 19.8. The Hall–Kier alpha value is -0.540. The molecule has 0 aliphatic rings. The summed E-state index contributed by atoms with van der Waals surface area (Å²) in [5.41, 5.74) is 0.966. The Labute approximate surface area is 154 Å². The number of benzene rings is 1. The maximum Gasteiger partial charge on any atom is 0.442 e. The lowest BCUT2D eigenvalue weighted by Gasteiger charge is -2.14. The SMILES string of the molecule is Cc1nnc(SCCCc2ccc(OP(=O)(O)C(F)F)c(Br)c2)s1. The Bertz CT molecular complexity index is 748. The summed E-state index contributed by atoms with van der Waals surface area (Å²) >= 11 is 6.36. The molecule has 2 aromatic rings. The minimum Gasteiger partial charge on any atom is -0.420 e. The highest BCUT2D eigenvalue weighted by Gasteiger charge is 2.34. The fraction of sp³-hybridized carbons (Fsp3) is 0.385. The zero-order chi connectivity index (χ0) is 17.7. The molecule has 0 saturated carbocycles. The molecule has 0 amide bonds. The fourth-order valence-corrected chi connectivity index (χ4v) is 4.71. The first-order chi connectivity index (χ1) is 11.3. The molecule has 1 aromatic heterocycles. The summed E-state index contributed by atoms with van der Waals surface area (Å²) in [6.07, 6.45) is -1.77. The highest BCUT2D eigenvalue weighted by molar-refractivity contribution is 9.10. The van der Waals surface area contributed by atoms with E-state index in [0.717, 1.165) is 33.5 Å². The van der Waals surface area contributed by atoms with Gasteiger partial charge in [0.25, 0.3) is 0 Å². The van der Waals surface area contributed by atoms with Crippen LogP contribution in [0, 0.1) is 6.92 Å². The molecular formula is C13H14BrF2N2O3PS2. The van der Waals surface area contributed by atoms with E-state index in [4.69, 9.17) is 4.89 Å². The third-order valence-electron chi connectivity index (χ3n) is 2.81. The van der Waals surface area contributed by atoms with Gasteiger partial charge in [-0.3, -0.25) is 0 Å². The van der Waals surface area contributed by atoms with Gasteiger partial charge in [0.1, 0.15) is 10.8 Å². The van der Waals surface area contributed by atoms with Crippen molar-refractivity contribution in [2.24, 2.45) is 0 Å². The molecule has 0 fully saturated rings. The van der Waals surface area contributed by atoms with Crippen LogP contribution in [-0.4, -0.2) is 27.0 Å². The highest BCUT2D eigenvalue weighted by Crippen LogP contribution is 2.50. The summed E-state index contributed by atoms with van der Waals surface area (Å²) in [4.78, 5) is 9.07. The van der Waals surface area contributed by atoms with E-state index in [1.807, 2.05) is 6.92 Å². The van der Waals surface area contributed by atoms with Crippen molar-refractivity contribution in [3.05, 3.63) is 33.2 Å². The quantitative estimate of drug-likeness (QED) is 0.336. The maximum absolute atomic E-state index is 12.4. The molecule has 24 heavy (non-hydrogen) atoms. The van der Waals surface area contributed by atoms with Crippen molar-refractivity contribution >= 4 is 46.6 Å². The van der Waals surface area contributed by atoms with E-state index in [0.29, 0.717) is 4.47 Å². The first-order valence-corrected chi connectivity index (χ1v) is 11.0. The number of halogens is 3. The van der Waals surface area contributed by atoms with Gasteiger partial charge in [-0.15, -0.1) is 10.2 Å². The Morgan fingerprint density at radius 3 is 2.79 bits per heavy atom. The van der Waals surface area contributed by atoms with Crippen LogP contribution < -0.4 is 4.52 Å². The molecule has 11 heteroatoms. The van der Waals surface area contributed by atoms with Crippen LogP contribution in [0.15, 0.2) is 27.0 Å². The van der Waals surface area contributed by atoms with Gasteiger partial charge in [-0.05, 0) is 53.4 Å². The molecule has 1 unspecified atom stereocenters. The Morgan fingerprint density at radius 2 is 2.21 bits per heavy atom. The van der Waals surface area contributed by atoms with Crippen molar-refractivity contribution in [1.82, 2.24) is 10.2 Å². The van der Waals surface area contributed by atoms with Gasteiger partial charge in [0, 0.05) is 5.75 Å². The van der Waals surface area contributed by atoms with Gasteiger partial charge >= 0.3 is 13.8 Å². The Morgan fingerprint density at radius 1 is 1.46 bits per heavy atom. The predicted octanol–water partition coefficient (Wildman–Crippen LogP) is 5.12. The zero-order valence-corrected chi connectivity index (χ0v) is 16.6. The number of aryl methyl sites for hydroxylation is 2. The maximum atomic E-state index is 12.4. The summed E-state index contributed by atoms with van der Waals surface area (Å²) in [6, 6.07) is 4.79. The van der Waals surface area contributed by atoms with E-state index in [1.54, 1.807) is 35.2 Å². The molecule has 2 rings (SSSR count). The molecule has 0 radical (unpaired) electrons. The van der Waals surface area contributed by atoms with Gasteiger partial charge in [-0.1, -0.05) is 29.2 Å². The fourth-order valence-electron chi connectivity index (χ4n) is 1.73. The van der Waals surface area contributed by atoms with Crippen molar-refractivity contribution in [2.45, 2.75) is 30.3 Å². The first-order valence-electron chi connectivity index (χ1n) is 6.79. The van der Waals surface area contributed by atoms with E-state index in [9.17, 15) is 13.3 Å².